The van der Waals surface area contributed by atoms with Gasteiger partial charge in [0.1, 0.15) is 0 Å². The van der Waals surface area contributed by atoms with Crippen molar-refractivity contribution in [2.75, 3.05) is 31.6 Å². The third-order valence-corrected chi connectivity index (χ3v) is 5.43. The van der Waals surface area contributed by atoms with Gasteiger partial charge in [0.25, 0.3) is 0 Å². The van der Waals surface area contributed by atoms with Gasteiger partial charge in [-0.3, -0.25) is 14.9 Å². The molecule has 1 aromatic rings. The van der Waals surface area contributed by atoms with E-state index >= 15 is 0 Å². The normalized spacial score (nSPS) is 16.9. The fraction of sp³-hybridized carbons (Fsp3) is 0.643. The third-order valence-electron chi connectivity index (χ3n) is 4.11. The fourth-order valence-electron chi connectivity index (χ4n) is 2.72. The van der Waals surface area contributed by atoms with E-state index in [1.807, 2.05) is 11.9 Å². The number of nitrogens with zero attached hydrogens (tertiary/aromatic N) is 3. The summed E-state index contributed by atoms with van der Waals surface area (Å²) in [7, 11) is 1.90. The Morgan fingerprint density at radius 1 is 1.52 bits per heavy atom. The molecule has 2 rings (SSSR count). The molecule has 0 amide bonds. The van der Waals surface area contributed by atoms with E-state index in [0.29, 0.717) is 15.9 Å². The molecular weight excluding hydrogens is 290 g/mol. The highest BCUT2D eigenvalue weighted by atomic mass is 32.1. The Bertz CT molecular complexity index is 536. The molecule has 0 spiro atoms. The van der Waals surface area contributed by atoms with E-state index < -0.39 is 4.92 Å². The molecule has 0 N–H and O–H groups in total. The van der Waals surface area contributed by atoms with Crippen LogP contribution in [0.4, 0.5) is 10.7 Å². The summed E-state index contributed by atoms with van der Waals surface area (Å²) >= 11 is 1.23. The lowest BCUT2D eigenvalue weighted by Gasteiger charge is -2.36. The van der Waals surface area contributed by atoms with E-state index in [1.165, 1.54) is 24.3 Å². The first kappa shape index (κ1) is 15.9. The van der Waals surface area contributed by atoms with Crippen molar-refractivity contribution in [3.05, 3.63) is 21.1 Å². The number of anilines is 1. The Morgan fingerprint density at radius 2 is 2.14 bits per heavy atom. The topological polar surface area (TPSA) is 66.7 Å². The predicted molar refractivity (Wildman–Crippen MR) is 84.5 cm³/mol. The van der Waals surface area contributed by atoms with Crippen LogP contribution in [0.5, 0.6) is 0 Å². The summed E-state index contributed by atoms with van der Waals surface area (Å²) in [6.45, 7) is 6.67. The van der Waals surface area contributed by atoms with E-state index in [4.69, 9.17) is 0 Å². The van der Waals surface area contributed by atoms with Crippen molar-refractivity contribution in [2.24, 2.45) is 0 Å². The highest BCUT2D eigenvalue weighted by Gasteiger charge is 2.29. The van der Waals surface area contributed by atoms with Gasteiger partial charge in [-0.05, 0) is 26.3 Å². The highest BCUT2D eigenvalue weighted by molar-refractivity contribution is 7.18. The summed E-state index contributed by atoms with van der Waals surface area (Å²) in [6, 6.07) is 1.70. The molecule has 0 radical (unpaired) electrons. The second kappa shape index (κ2) is 6.53. The monoisotopic (exact) mass is 311 g/mol. The second-order valence-electron chi connectivity index (χ2n) is 5.39. The first-order chi connectivity index (χ1) is 9.93. The zero-order valence-electron chi connectivity index (χ0n) is 12.7. The molecule has 0 bridgehead atoms. The van der Waals surface area contributed by atoms with Crippen LogP contribution in [0.2, 0.25) is 0 Å². The maximum Gasteiger partial charge on any atom is 0.304 e. The van der Waals surface area contributed by atoms with Crippen LogP contribution in [0, 0.1) is 10.1 Å². The number of Topliss-reactive ketones (excluding diaryl/α,β-unsaturated/α-hetero) is 1. The maximum atomic E-state index is 11.5. The molecule has 1 aliphatic heterocycles. The zero-order chi connectivity index (χ0) is 15.6. The Balaban J connectivity index is 2.20. The zero-order valence-corrected chi connectivity index (χ0v) is 13.5. The SMILES string of the molecule is CCN1CCC(N(C)c2sc(C(C)=O)cc2[N+](=O)[O-])CC1. The number of carbonyl (C=O) groups excluding carboxylic acids is 1. The Labute approximate surface area is 128 Å². The molecule has 1 aromatic heterocycles. The van der Waals surface area contributed by atoms with Gasteiger partial charge in [-0.1, -0.05) is 6.92 Å². The average molecular weight is 311 g/mol. The number of hydrogen-bond donors (Lipinski definition) is 0. The molecule has 1 aliphatic rings. The molecule has 116 valence electrons. The lowest BCUT2D eigenvalue weighted by molar-refractivity contribution is -0.383. The molecule has 2 heterocycles. The number of piperidine rings is 1. The molecule has 7 heteroatoms. The lowest BCUT2D eigenvalue weighted by atomic mass is 10.0. The third kappa shape index (κ3) is 3.41. The van der Waals surface area contributed by atoms with Crippen molar-refractivity contribution in [3.63, 3.8) is 0 Å². The number of thiophene rings is 1. The fourth-order valence-corrected chi connectivity index (χ4v) is 3.77. The van der Waals surface area contributed by atoms with Crippen LogP contribution >= 0.6 is 11.3 Å². The molecule has 0 unspecified atom stereocenters. The van der Waals surface area contributed by atoms with Gasteiger partial charge in [0.2, 0.25) is 0 Å². The smallest absolute Gasteiger partial charge is 0.304 e. The van der Waals surface area contributed by atoms with Gasteiger partial charge in [-0.2, -0.15) is 0 Å². The van der Waals surface area contributed by atoms with Crippen LogP contribution in [-0.2, 0) is 0 Å². The van der Waals surface area contributed by atoms with Gasteiger partial charge in [0, 0.05) is 32.2 Å². The van der Waals surface area contributed by atoms with Crippen LogP contribution in [0.25, 0.3) is 0 Å². The Kier molecular flexibility index (Phi) is 4.95. The molecule has 1 saturated heterocycles. The minimum atomic E-state index is -0.393. The number of hydrogen-bond acceptors (Lipinski definition) is 6. The Morgan fingerprint density at radius 3 is 2.62 bits per heavy atom. The first-order valence-electron chi connectivity index (χ1n) is 7.18. The van der Waals surface area contributed by atoms with Gasteiger partial charge < -0.3 is 9.80 Å². The van der Waals surface area contributed by atoms with Crippen LogP contribution in [0.3, 0.4) is 0 Å². The van der Waals surface area contributed by atoms with Crippen molar-refractivity contribution < 1.29 is 9.72 Å². The molecular formula is C14H21N3O3S. The van der Waals surface area contributed by atoms with Crippen LogP contribution in [0.15, 0.2) is 6.07 Å². The van der Waals surface area contributed by atoms with E-state index in [-0.39, 0.29) is 11.5 Å². The number of nitro groups is 1. The van der Waals surface area contributed by atoms with Crippen molar-refractivity contribution in [1.29, 1.82) is 0 Å². The van der Waals surface area contributed by atoms with Crippen LogP contribution in [0.1, 0.15) is 36.4 Å². The molecule has 1 fully saturated rings. The van der Waals surface area contributed by atoms with Gasteiger partial charge in [-0.25, -0.2) is 0 Å². The summed E-state index contributed by atoms with van der Waals surface area (Å²) in [5.41, 5.74) is 0.0469. The van der Waals surface area contributed by atoms with E-state index in [2.05, 4.69) is 11.8 Å². The quantitative estimate of drug-likeness (QED) is 0.475. The predicted octanol–water partition coefficient (Wildman–Crippen LogP) is 2.78. The van der Waals surface area contributed by atoms with E-state index in [0.717, 1.165) is 32.5 Å². The molecule has 0 saturated carbocycles. The summed E-state index contributed by atoms with van der Waals surface area (Å²) in [5.74, 6) is -0.122. The number of rotatable bonds is 5. The van der Waals surface area contributed by atoms with E-state index in [1.54, 1.807) is 0 Å². The largest absolute Gasteiger partial charge is 0.358 e. The number of ketones is 1. The maximum absolute atomic E-state index is 11.5. The minimum Gasteiger partial charge on any atom is -0.358 e. The van der Waals surface area contributed by atoms with Crippen LogP contribution < -0.4 is 4.90 Å². The van der Waals surface area contributed by atoms with Gasteiger partial charge in [-0.15, -0.1) is 11.3 Å². The molecule has 21 heavy (non-hydrogen) atoms. The standard InChI is InChI=1S/C14H21N3O3S/c1-4-16-7-5-11(6-8-16)15(3)14-12(17(19)20)9-13(21-14)10(2)18/h9,11H,4-8H2,1-3H3. The average Bonchev–Trinajstić information content (AvgIpc) is 2.92. The highest BCUT2D eigenvalue weighted by Crippen LogP contribution is 2.39. The first-order valence-corrected chi connectivity index (χ1v) is 8.00. The summed E-state index contributed by atoms with van der Waals surface area (Å²) in [5, 5.41) is 11.8. The molecule has 0 aromatic carbocycles. The van der Waals surface area contributed by atoms with Gasteiger partial charge >= 0.3 is 5.69 Å². The molecule has 6 nitrogen and oxygen atoms in total. The molecule has 0 aliphatic carbocycles. The summed E-state index contributed by atoms with van der Waals surface area (Å²) in [4.78, 5) is 27.1. The molecule has 0 atom stereocenters. The van der Waals surface area contributed by atoms with E-state index in [9.17, 15) is 14.9 Å². The number of carbonyl (C=O) groups is 1. The van der Waals surface area contributed by atoms with Crippen LogP contribution in [-0.4, -0.2) is 48.3 Å². The Hall–Kier alpha value is -1.47. The van der Waals surface area contributed by atoms with Crippen molar-refractivity contribution in [3.8, 4) is 0 Å². The summed E-state index contributed by atoms with van der Waals surface area (Å²) < 4.78 is 0. The second-order valence-corrected chi connectivity index (χ2v) is 6.42. The summed E-state index contributed by atoms with van der Waals surface area (Å²) in [6.07, 6.45) is 1.99. The van der Waals surface area contributed by atoms with Gasteiger partial charge in [0.05, 0.1) is 9.80 Å². The van der Waals surface area contributed by atoms with Crippen molar-refractivity contribution in [1.82, 2.24) is 4.90 Å². The van der Waals surface area contributed by atoms with Crippen molar-refractivity contribution >= 4 is 27.8 Å². The minimum absolute atomic E-state index is 0.0469. The lowest BCUT2D eigenvalue weighted by Crippen LogP contribution is -2.43. The van der Waals surface area contributed by atoms with Crippen molar-refractivity contribution in [2.45, 2.75) is 32.7 Å². The number of likely N-dealkylation sites (tertiary alicyclic amines) is 1. The van der Waals surface area contributed by atoms with Gasteiger partial charge in [0.15, 0.2) is 10.8 Å².